The number of hydrogen-bond acceptors (Lipinski definition) is 3. The fourth-order valence-electron chi connectivity index (χ4n) is 1.47. The summed E-state index contributed by atoms with van der Waals surface area (Å²) >= 11 is 0. The molecule has 0 aromatic rings. The minimum Gasteiger partial charge on any atom is -0.262 e. The van der Waals surface area contributed by atoms with Gasteiger partial charge in [-0.3, -0.25) is 10.1 Å². The molecule has 0 aliphatic heterocycles. The van der Waals surface area contributed by atoms with Gasteiger partial charge in [0, 0.05) is 17.0 Å². The average Bonchev–Trinajstić information content (AvgIpc) is 2.02. The Morgan fingerprint density at radius 3 is 2.79 bits per heavy atom. The third kappa shape index (κ3) is 2.17. The minimum atomic E-state index is -1.48. The van der Waals surface area contributed by atoms with Crippen molar-refractivity contribution in [3.63, 3.8) is 0 Å². The molecule has 0 saturated heterocycles. The van der Waals surface area contributed by atoms with E-state index in [2.05, 4.69) is 5.32 Å². The molecular weight excluding hydrogens is 187 g/mol. The molecule has 5 heteroatoms. The summed E-state index contributed by atoms with van der Waals surface area (Å²) < 4.78 is 12.9. The van der Waals surface area contributed by atoms with Gasteiger partial charge in [0.25, 0.3) is 0 Å². The Labute approximate surface area is 81.6 Å². The van der Waals surface area contributed by atoms with E-state index in [1.165, 1.54) is 12.2 Å². The van der Waals surface area contributed by atoms with Crippen LogP contribution in [0.4, 0.5) is 4.39 Å². The molecule has 1 unspecified atom stereocenters. The monoisotopic (exact) mass is 200 g/mol. The van der Waals surface area contributed by atoms with Crippen LogP contribution in [0.3, 0.4) is 0 Å². The molecule has 0 fully saturated rings. The van der Waals surface area contributed by atoms with E-state index < -0.39 is 16.4 Å². The van der Waals surface area contributed by atoms with Crippen LogP contribution < -0.4 is 5.32 Å². The van der Waals surface area contributed by atoms with Gasteiger partial charge in [0.15, 0.2) is 0 Å². The van der Waals surface area contributed by atoms with Gasteiger partial charge < -0.3 is 0 Å². The van der Waals surface area contributed by atoms with E-state index in [-0.39, 0.29) is 12.5 Å². The Kier molecular flexibility index (Phi) is 3.00. The van der Waals surface area contributed by atoms with Gasteiger partial charge in [0.1, 0.15) is 5.83 Å². The summed E-state index contributed by atoms with van der Waals surface area (Å²) in [6.07, 6.45) is 3.90. The lowest BCUT2D eigenvalue weighted by Crippen LogP contribution is -2.53. The molecule has 0 amide bonds. The molecule has 1 aliphatic carbocycles. The van der Waals surface area contributed by atoms with Crippen LogP contribution in [-0.4, -0.2) is 16.6 Å². The fraction of sp³-hybridized carbons (Fsp3) is 0.556. The van der Waals surface area contributed by atoms with E-state index in [9.17, 15) is 14.5 Å². The maximum absolute atomic E-state index is 12.9. The maximum Gasteiger partial charge on any atom is 0.300 e. The first-order valence-corrected chi connectivity index (χ1v) is 4.43. The van der Waals surface area contributed by atoms with Crippen molar-refractivity contribution in [1.82, 2.24) is 5.32 Å². The van der Waals surface area contributed by atoms with Gasteiger partial charge in [-0.25, -0.2) is 9.71 Å². The molecule has 0 aromatic heterocycles. The standard InChI is InChI=1S/C9H13FN2O2/c1-7(2)11-9(12(13)14)5-3-4-8(10)6-9/h3-4,6-7,11H,5H2,1-2H3. The van der Waals surface area contributed by atoms with Crippen molar-refractivity contribution in [2.75, 3.05) is 0 Å². The lowest BCUT2D eigenvalue weighted by Gasteiger charge is -2.25. The van der Waals surface area contributed by atoms with Crippen LogP contribution in [0.2, 0.25) is 0 Å². The predicted molar refractivity (Wildman–Crippen MR) is 50.9 cm³/mol. The largest absolute Gasteiger partial charge is 0.300 e. The third-order valence-corrected chi connectivity index (χ3v) is 1.95. The highest BCUT2D eigenvalue weighted by molar-refractivity contribution is 5.22. The number of nitrogens with one attached hydrogen (secondary N) is 1. The zero-order valence-corrected chi connectivity index (χ0v) is 8.16. The number of allylic oxidation sites excluding steroid dienone is 2. The molecule has 0 bridgehead atoms. The summed E-state index contributed by atoms with van der Waals surface area (Å²) in [6, 6.07) is -0.0732. The second kappa shape index (κ2) is 3.88. The first kappa shape index (κ1) is 10.8. The summed E-state index contributed by atoms with van der Waals surface area (Å²) in [6.45, 7) is 3.57. The smallest absolute Gasteiger partial charge is 0.262 e. The van der Waals surface area contributed by atoms with E-state index in [4.69, 9.17) is 0 Å². The zero-order chi connectivity index (χ0) is 10.8. The van der Waals surface area contributed by atoms with Crippen LogP contribution in [0.25, 0.3) is 0 Å². The van der Waals surface area contributed by atoms with Crippen molar-refractivity contribution in [3.8, 4) is 0 Å². The third-order valence-electron chi connectivity index (χ3n) is 1.95. The minimum absolute atomic E-state index is 0.0732. The number of nitrogens with zero attached hydrogens (tertiary/aromatic N) is 1. The van der Waals surface area contributed by atoms with Gasteiger partial charge in [0.05, 0.1) is 6.42 Å². The lowest BCUT2D eigenvalue weighted by atomic mass is 10.0. The highest BCUT2D eigenvalue weighted by Gasteiger charge is 2.41. The molecular formula is C9H13FN2O2. The van der Waals surface area contributed by atoms with Crippen molar-refractivity contribution < 1.29 is 9.31 Å². The van der Waals surface area contributed by atoms with E-state index in [0.717, 1.165) is 6.08 Å². The lowest BCUT2D eigenvalue weighted by molar-refractivity contribution is -0.563. The molecule has 1 aliphatic rings. The molecule has 0 heterocycles. The van der Waals surface area contributed by atoms with Crippen LogP contribution in [0.1, 0.15) is 20.3 Å². The Morgan fingerprint density at radius 2 is 2.36 bits per heavy atom. The molecule has 1 N–H and O–H groups in total. The maximum atomic E-state index is 12.9. The van der Waals surface area contributed by atoms with E-state index in [1.807, 2.05) is 0 Å². The van der Waals surface area contributed by atoms with E-state index >= 15 is 0 Å². The molecule has 0 saturated carbocycles. The molecule has 4 nitrogen and oxygen atoms in total. The van der Waals surface area contributed by atoms with Gasteiger partial charge >= 0.3 is 5.66 Å². The Bertz CT molecular complexity index is 299. The molecule has 1 atom stereocenters. The van der Waals surface area contributed by atoms with Crippen molar-refractivity contribution in [1.29, 1.82) is 0 Å². The molecule has 0 spiro atoms. The number of nitro groups is 1. The quantitative estimate of drug-likeness (QED) is 0.429. The van der Waals surface area contributed by atoms with Gasteiger partial charge in [-0.05, 0) is 19.9 Å². The van der Waals surface area contributed by atoms with Crippen molar-refractivity contribution in [2.45, 2.75) is 32.0 Å². The fourth-order valence-corrected chi connectivity index (χ4v) is 1.47. The number of halogens is 1. The van der Waals surface area contributed by atoms with E-state index in [1.54, 1.807) is 13.8 Å². The van der Waals surface area contributed by atoms with Crippen molar-refractivity contribution >= 4 is 0 Å². The summed E-state index contributed by atoms with van der Waals surface area (Å²) in [5, 5.41) is 13.6. The summed E-state index contributed by atoms with van der Waals surface area (Å²) in [4.78, 5) is 10.4. The molecule has 14 heavy (non-hydrogen) atoms. The molecule has 1 rings (SSSR count). The van der Waals surface area contributed by atoms with E-state index in [0.29, 0.717) is 0 Å². The Hall–Kier alpha value is -1.23. The normalized spacial score (nSPS) is 26.4. The number of hydrogen-bond donors (Lipinski definition) is 1. The highest BCUT2D eigenvalue weighted by atomic mass is 19.1. The summed E-state index contributed by atoms with van der Waals surface area (Å²) in [5.41, 5.74) is -1.48. The van der Waals surface area contributed by atoms with Gasteiger partial charge in [0.2, 0.25) is 0 Å². The zero-order valence-electron chi connectivity index (χ0n) is 8.16. The van der Waals surface area contributed by atoms with Gasteiger partial charge in [-0.2, -0.15) is 0 Å². The van der Waals surface area contributed by atoms with Crippen LogP contribution in [0, 0.1) is 10.1 Å². The SMILES string of the molecule is CC(C)NC1([N+](=O)[O-])C=C(F)C=CC1. The van der Waals surface area contributed by atoms with Crippen LogP contribution in [-0.2, 0) is 0 Å². The highest BCUT2D eigenvalue weighted by Crippen LogP contribution is 2.23. The Balaban J connectivity index is 2.94. The molecule has 0 aromatic carbocycles. The summed E-state index contributed by atoms with van der Waals surface area (Å²) in [7, 11) is 0. The molecule has 78 valence electrons. The first-order chi connectivity index (χ1) is 6.46. The topological polar surface area (TPSA) is 55.2 Å². The first-order valence-electron chi connectivity index (χ1n) is 4.43. The number of rotatable bonds is 3. The van der Waals surface area contributed by atoms with Gasteiger partial charge in [-0.1, -0.05) is 6.08 Å². The van der Waals surface area contributed by atoms with Crippen molar-refractivity contribution in [3.05, 3.63) is 34.2 Å². The van der Waals surface area contributed by atoms with Crippen molar-refractivity contribution in [2.24, 2.45) is 0 Å². The second-order valence-electron chi connectivity index (χ2n) is 3.62. The van der Waals surface area contributed by atoms with Crippen LogP contribution in [0.5, 0.6) is 0 Å². The predicted octanol–water partition coefficient (Wildman–Crippen LogP) is 1.77. The Morgan fingerprint density at radius 1 is 1.71 bits per heavy atom. The average molecular weight is 200 g/mol. The molecule has 0 radical (unpaired) electrons. The second-order valence-corrected chi connectivity index (χ2v) is 3.62. The van der Waals surface area contributed by atoms with Crippen LogP contribution >= 0.6 is 0 Å². The summed E-state index contributed by atoms with van der Waals surface area (Å²) in [5.74, 6) is -0.568. The van der Waals surface area contributed by atoms with Crippen LogP contribution in [0.15, 0.2) is 24.1 Å². The van der Waals surface area contributed by atoms with Gasteiger partial charge in [-0.15, -0.1) is 0 Å².